The molecule has 0 heterocycles. The fourth-order valence-electron chi connectivity index (χ4n) is 4.19. The molecule has 0 aromatic heterocycles. The van der Waals surface area contributed by atoms with Crippen LogP contribution < -0.4 is 10.1 Å². The number of hydrogen-bond donors (Lipinski definition) is 1. The van der Waals surface area contributed by atoms with Crippen LogP contribution in [0.4, 0.5) is 0 Å². The summed E-state index contributed by atoms with van der Waals surface area (Å²) in [6, 6.07) is 6.44. The highest BCUT2D eigenvalue weighted by Crippen LogP contribution is 2.53. The Kier molecular flexibility index (Phi) is 3.72. The summed E-state index contributed by atoms with van der Waals surface area (Å²) in [6.45, 7) is 0. The van der Waals surface area contributed by atoms with E-state index in [1.807, 2.05) is 12.1 Å². The first-order valence-electron chi connectivity index (χ1n) is 7.23. The zero-order chi connectivity index (χ0) is 13.4. The maximum atomic E-state index is 6.44. The van der Waals surface area contributed by atoms with Crippen LogP contribution in [-0.2, 0) is 0 Å². The van der Waals surface area contributed by atoms with Crippen LogP contribution in [0.2, 0.25) is 5.02 Å². The average molecular weight is 280 g/mol. The van der Waals surface area contributed by atoms with Gasteiger partial charge in [-0.25, -0.2) is 0 Å². The maximum Gasteiger partial charge on any atom is 0.120 e. The molecule has 2 aliphatic rings. The highest BCUT2D eigenvalue weighted by Gasteiger charge is 2.43. The van der Waals surface area contributed by atoms with Crippen LogP contribution in [0.5, 0.6) is 5.75 Å². The van der Waals surface area contributed by atoms with Crippen molar-refractivity contribution in [1.82, 2.24) is 5.32 Å². The Morgan fingerprint density at radius 1 is 1.32 bits per heavy atom. The lowest BCUT2D eigenvalue weighted by Gasteiger charge is -2.31. The Balaban J connectivity index is 1.86. The van der Waals surface area contributed by atoms with Crippen LogP contribution >= 0.6 is 11.6 Å². The SMILES string of the molecule is CNC(c1ccc(OC)cc1Cl)C1CC2CCC1C2. The van der Waals surface area contributed by atoms with Crippen LogP contribution in [0.15, 0.2) is 18.2 Å². The molecule has 19 heavy (non-hydrogen) atoms. The van der Waals surface area contributed by atoms with E-state index in [0.717, 1.165) is 28.5 Å². The van der Waals surface area contributed by atoms with Crippen molar-refractivity contribution in [2.24, 2.45) is 17.8 Å². The smallest absolute Gasteiger partial charge is 0.120 e. The van der Waals surface area contributed by atoms with E-state index in [0.29, 0.717) is 6.04 Å². The molecule has 4 unspecified atom stereocenters. The number of benzene rings is 1. The molecule has 0 saturated heterocycles. The van der Waals surface area contributed by atoms with E-state index in [1.165, 1.54) is 31.2 Å². The summed E-state index contributed by atoms with van der Waals surface area (Å²) in [4.78, 5) is 0. The molecule has 1 N–H and O–H groups in total. The van der Waals surface area contributed by atoms with Crippen LogP contribution in [0, 0.1) is 17.8 Å². The van der Waals surface area contributed by atoms with Gasteiger partial charge in [0.05, 0.1) is 7.11 Å². The summed E-state index contributed by atoms with van der Waals surface area (Å²) in [7, 11) is 3.73. The van der Waals surface area contributed by atoms with Gasteiger partial charge in [0.15, 0.2) is 0 Å². The van der Waals surface area contributed by atoms with Gasteiger partial charge in [-0.1, -0.05) is 24.1 Å². The highest BCUT2D eigenvalue weighted by atomic mass is 35.5. The van der Waals surface area contributed by atoms with Crippen molar-refractivity contribution in [3.63, 3.8) is 0 Å². The van der Waals surface area contributed by atoms with Gasteiger partial charge < -0.3 is 10.1 Å². The maximum absolute atomic E-state index is 6.44. The number of halogens is 1. The summed E-state index contributed by atoms with van der Waals surface area (Å²) in [5, 5.41) is 4.32. The monoisotopic (exact) mass is 279 g/mol. The van der Waals surface area contributed by atoms with Crippen molar-refractivity contribution in [2.75, 3.05) is 14.2 Å². The Morgan fingerprint density at radius 2 is 2.16 bits per heavy atom. The summed E-state index contributed by atoms with van der Waals surface area (Å²) < 4.78 is 5.23. The fraction of sp³-hybridized carbons (Fsp3) is 0.625. The molecule has 3 rings (SSSR count). The van der Waals surface area contributed by atoms with Gasteiger partial charge in [0.25, 0.3) is 0 Å². The Bertz CT molecular complexity index is 462. The average Bonchev–Trinajstić information content (AvgIpc) is 3.04. The van der Waals surface area contributed by atoms with Crippen molar-refractivity contribution in [1.29, 1.82) is 0 Å². The minimum atomic E-state index is 0.383. The molecule has 0 amide bonds. The topological polar surface area (TPSA) is 21.3 Å². The predicted molar refractivity (Wildman–Crippen MR) is 78.7 cm³/mol. The van der Waals surface area contributed by atoms with E-state index in [9.17, 15) is 0 Å². The molecule has 1 aromatic rings. The number of methoxy groups -OCH3 is 1. The molecular formula is C16H22ClNO. The van der Waals surface area contributed by atoms with Crippen molar-refractivity contribution < 1.29 is 4.74 Å². The Morgan fingerprint density at radius 3 is 2.68 bits per heavy atom. The molecule has 0 radical (unpaired) electrons. The van der Waals surface area contributed by atoms with Crippen molar-refractivity contribution in [2.45, 2.75) is 31.7 Å². The van der Waals surface area contributed by atoms with Crippen molar-refractivity contribution in [3.8, 4) is 5.75 Å². The summed E-state index contributed by atoms with van der Waals surface area (Å²) in [5.41, 5.74) is 1.22. The van der Waals surface area contributed by atoms with Gasteiger partial charge in [-0.05, 0) is 61.8 Å². The zero-order valence-electron chi connectivity index (χ0n) is 11.7. The van der Waals surface area contributed by atoms with E-state index >= 15 is 0 Å². The van der Waals surface area contributed by atoms with Crippen LogP contribution in [-0.4, -0.2) is 14.2 Å². The summed E-state index contributed by atoms with van der Waals surface area (Å²) in [5.74, 6) is 3.43. The zero-order valence-corrected chi connectivity index (χ0v) is 12.4. The van der Waals surface area contributed by atoms with Gasteiger partial charge in [-0.2, -0.15) is 0 Å². The standard InChI is InChI=1S/C16H22ClNO/c1-18-16(14-8-10-3-4-11(14)7-10)13-6-5-12(19-2)9-15(13)17/h5-6,9-11,14,16,18H,3-4,7-8H2,1-2H3. The van der Waals surface area contributed by atoms with Gasteiger partial charge >= 0.3 is 0 Å². The molecule has 1 aromatic carbocycles. The molecular weight excluding hydrogens is 258 g/mol. The lowest BCUT2D eigenvalue weighted by Crippen LogP contribution is -2.29. The van der Waals surface area contributed by atoms with Crippen LogP contribution in [0.3, 0.4) is 0 Å². The van der Waals surface area contributed by atoms with Crippen molar-refractivity contribution >= 4 is 11.6 Å². The molecule has 2 saturated carbocycles. The molecule has 4 atom stereocenters. The van der Waals surface area contributed by atoms with E-state index in [-0.39, 0.29) is 0 Å². The van der Waals surface area contributed by atoms with E-state index in [2.05, 4.69) is 18.4 Å². The first-order chi connectivity index (χ1) is 9.22. The van der Waals surface area contributed by atoms with Gasteiger partial charge in [0, 0.05) is 11.1 Å². The van der Waals surface area contributed by atoms with E-state index in [4.69, 9.17) is 16.3 Å². The second-order valence-corrected chi connectivity index (χ2v) is 6.40. The highest BCUT2D eigenvalue weighted by molar-refractivity contribution is 6.31. The van der Waals surface area contributed by atoms with Gasteiger partial charge in [-0.3, -0.25) is 0 Å². The minimum absolute atomic E-state index is 0.383. The molecule has 2 bridgehead atoms. The first-order valence-corrected chi connectivity index (χ1v) is 7.61. The van der Waals surface area contributed by atoms with Gasteiger partial charge in [0.1, 0.15) is 5.75 Å². The van der Waals surface area contributed by atoms with Crippen LogP contribution in [0.25, 0.3) is 0 Å². The van der Waals surface area contributed by atoms with E-state index in [1.54, 1.807) is 7.11 Å². The molecule has 3 heteroatoms. The molecule has 0 aliphatic heterocycles. The molecule has 2 aliphatic carbocycles. The number of ether oxygens (including phenoxy) is 1. The Hall–Kier alpha value is -0.730. The fourth-order valence-corrected chi connectivity index (χ4v) is 4.48. The molecule has 2 nitrogen and oxygen atoms in total. The molecule has 104 valence electrons. The minimum Gasteiger partial charge on any atom is -0.497 e. The third-order valence-electron chi connectivity index (χ3n) is 5.07. The number of nitrogens with one attached hydrogen (secondary N) is 1. The molecule has 0 spiro atoms. The second-order valence-electron chi connectivity index (χ2n) is 5.99. The quantitative estimate of drug-likeness (QED) is 0.898. The first kappa shape index (κ1) is 13.3. The lowest BCUT2D eigenvalue weighted by molar-refractivity contribution is 0.259. The largest absolute Gasteiger partial charge is 0.497 e. The van der Waals surface area contributed by atoms with Gasteiger partial charge in [-0.15, -0.1) is 0 Å². The van der Waals surface area contributed by atoms with Crippen molar-refractivity contribution in [3.05, 3.63) is 28.8 Å². The van der Waals surface area contributed by atoms with Crippen LogP contribution in [0.1, 0.15) is 37.3 Å². The summed E-state index contributed by atoms with van der Waals surface area (Å²) >= 11 is 6.44. The Labute approximate surface area is 120 Å². The number of hydrogen-bond acceptors (Lipinski definition) is 2. The summed E-state index contributed by atoms with van der Waals surface area (Å²) in [6.07, 6.45) is 5.63. The third kappa shape index (κ3) is 2.36. The number of fused-ring (bicyclic) bond motifs is 2. The lowest BCUT2D eigenvalue weighted by atomic mass is 9.80. The van der Waals surface area contributed by atoms with Gasteiger partial charge in [0.2, 0.25) is 0 Å². The van der Waals surface area contributed by atoms with E-state index < -0.39 is 0 Å². The second kappa shape index (κ2) is 5.34. The normalized spacial score (nSPS) is 30.6. The third-order valence-corrected chi connectivity index (χ3v) is 5.40. The molecule has 2 fully saturated rings. The number of rotatable bonds is 4. The predicted octanol–water partition coefficient (Wildman–Crippen LogP) is 4.05.